The molecule has 0 radical (unpaired) electrons. The lowest BCUT2D eigenvalue weighted by atomic mass is 10.3. The van der Waals surface area contributed by atoms with E-state index in [1.165, 1.54) is 0 Å². The van der Waals surface area contributed by atoms with Crippen LogP contribution in [0, 0.1) is 6.92 Å². The molecule has 0 amide bonds. The summed E-state index contributed by atoms with van der Waals surface area (Å²) in [6.07, 6.45) is 1.55. The maximum atomic E-state index is 8.29. The van der Waals surface area contributed by atoms with Gasteiger partial charge in [-0.3, -0.25) is 4.98 Å². The Balaban J connectivity index is 2.99. The monoisotopic (exact) mass is 170 g/mol. The van der Waals surface area contributed by atoms with Crippen molar-refractivity contribution in [1.82, 2.24) is 4.98 Å². The van der Waals surface area contributed by atoms with Crippen molar-refractivity contribution in [2.75, 3.05) is 0 Å². The highest BCUT2D eigenvalue weighted by Crippen LogP contribution is 2.03. The molecule has 0 saturated carbocycles. The fourth-order valence-corrected chi connectivity index (χ4v) is 0.759. The van der Waals surface area contributed by atoms with Crippen LogP contribution in [0.2, 0.25) is 0 Å². The van der Waals surface area contributed by atoms with Crippen molar-refractivity contribution in [3.05, 3.63) is 29.6 Å². The number of aromatic nitrogens is 1. The molecule has 0 spiro atoms. The summed E-state index contributed by atoms with van der Waals surface area (Å²) in [5, 5.41) is 11.2. The maximum Gasteiger partial charge on any atom is 0.176 e. The zero-order valence-corrected chi connectivity index (χ0v) is 6.71. The first-order chi connectivity index (χ1) is 5.24. The number of aryl methyl sites for hydroxylation is 1. The quantitative estimate of drug-likeness (QED) is 0.397. The molecular weight excluding hydrogens is 164 g/mol. The Morgan fingerprint density at radius 3 is 2.82 bits per heavy atom. The summed E-state index contributed by atoms with van der Waals surface area (Å²) in [4.78, 5) is 3.97. The Bertz CT molecular complexity index is 268. The third kappa shape index (κ3) is 1.91. The van der Waals surface area contributed by atoms with Crippen LogP contribution in [0.1, 0.15) is 11.3 Å². The second kappa shape index (κ2) is 3.34. The van der Waals surface area contributed by atoms with E-state index >= 15 is 0 Å². The third-order valence-electron chi connectivity index (χ3n) is 1.24. The highest BCUT2D eigenvalue weighted by Gasteiger charge is 1.98. The first kappa shape index (κ1) is 8.01. The zero-order valence-electron chi connectivity index (χ0n) is 5.95. The van der Waals surface area contributed by atoms with E-state index in [-0.39, 0.29) is 5.17 Å². The van der Waals surface area contributed by atoms with Gasteiger partial charge in [0.25, 0.3) is 0 Å². The van der Waals surface area contributed by atoms with Crippen LogP contribution in [-0.4, -0.2) is 15.4 Å². The van der Waals surface area contributed by atoms with Gasteiger partial charge in [0.05, 0.1) is 0 Å². The molecule has 3 nitrogen and oxygen atoms in total. The molecule has 1 aromatic rings. The number of oxime groups is 1. The molecule has 0 fully saturated rings. The van der Waals surface area contributed by atoms with Crippen molar-refractivity contribution in [3.63, 3.8) is 0 Å². The highest BCUT2D eigenvalue weighted by molar-refractivity contribution is 6.69. The number of hydrogen-bond donors (Lipinski definition) is 1. The van der Waals surface area contributed by atoms with Gasteiger partial charge in [-0.25, -0.2) is 0 Å². The van der Waals surface area contributed by atoms with Gasteiger partial charge in [-0.05, 0) is 19.1 Å². The molecular formula is C7H7ClN2O. The van der Waals surface area contributed by atoms with E-state index in [1.54, 1.807) is 18.3 Å². The number of nitrogens with zero attached hydrogens (tertiary/aromatic N) is 2. The van der Waals surface area contributed by atoms with Gasteiger partial charge >= 0.3 is 0 Å². The number of halogens is 1. The zero-order chi connectivity index (χ0) is 8.27. The van der Waals surface area contributed by atoms with E-state index < -0.39 is 0 Å². The average molecular weight is 171 g/mol. The van der Waals surface area contributed by atoms with Crippen LogP contribution in [-0.2, 0) is 0 Å². The Labute approximate surface area is 69.3 Å². The van der Waals surface area contributed by atoms with Crippen LogP contribution in [0.3, 0.4) is 0 Å². The van der Waals surface area contributed by atoms with E-state index in [0.29, 0.717) is 5.56 Å². The molecule has 0 saturated heterocycles. The molecule has 0 atom stereocenters. The molecule has 1 N–H and O–H groups in total. The topological polar surface area (TPSA) is 45.5 Å². The van der Waals surface area contributed by atoms with Gasteiger partial charge in [0, 0.05) is 17.5 Å². The van der Waals surface area contributed by atoms with E-state index in [0.717, 1.165) is 5.69 Å². The molecule has 0 unspecified atom stereocenters. The largest absolute Gasteiger partial charge is 0.410 e. The molecule has 1 aromatic heterocycles. The molecule has 58 valence electrons. The molecule has 0 aliphatic rings. The van der Waals surface area contributed by atoms with E-state index in [2.05, 4.69) is 10.1 Å². The van der Waals surface area contributed by atoms with Crippen molar-refractivity contribution in [2.45, 2.75) is 6.92 Å². The van der Waals surface area contributed by atoms with Crippen molar-refractivity contribution in [2.24, 2.45) is 5.16 Å². The van der Waals surface area contributed by atoms with Crippen molar-refractivity contribution >= 4 is 16.8 Å². The van der Waals surface area contributed by atoms with Crippen molar-refractivity contribution in [3.8, 4) is 0 Å². The standard InChI is InChI=1S/C7H7ClN2O/c1-5-2-3-6(4-9-5)7(8)10-11/h2-4,11H,1H3/b10-7-. The average Bonchev–Trinajstić information content (AvgIpc) is 2.05. The molecule has 1 heterocycles. The summed E-state index contributed by atoms with van der Waals surface area (Å²) < 4.78 is 0. The van der Waals surface area contributed by atoms with Gasteiger partial charge in [0.1, 0.15) is 0 Å². The van der Waals surface area contributed by atoms with Gasteiger partial charge in [0.15, 0.2) is 5.17 Å². The van der Waals surface area contributed by atoms with Crippen LogP contribution in [0.15, 0.2) is 23.5 Å². The fraction of sp³-hybridized carbons (Fsp3) is 0.143. The lowest BCUT2D eigenvalue weighted by Crippen LogP contribution is -1.92. The second-order valence-corrected chi connectivity index (χ2v) is 2.44. The number of rotatable bonds is 1. The lowest BCUT2D eigenvalue weighted by Gasteiger charge is -1.94. The first-order valence-electron chi connectivity index (χ1n) is 3.04. The lowest BCUT2D eigenvalue weighted by molar-refractivity contribution is 0.321. The van der Waals surface area contributed by atoms with Gasteiger partial charge in [0.2, 0.25) is 0 Å². The third-order valence-corrected chi connectivity index (χ3v) is 1.53. The summed E-state index contributed by atoms with van der Waals surface area (Å²) in [5.74, 6) is 0. The van der Waals surface area contributed by atoms with Crippen LogP contribution < -0.4 is 0 Å². The molecule has 0 aliphatic carbocycles. The van der Waals surface area contributed by atoms with E-state index in [4.69, 9.17) is 16.8 Å². The smallest absolute Gasteiger partial charge is 0.176 e. The second-order valence-electron chi connectivity index (χ2n) is 2.08. The van der Waals surface area contributed by atoms with Gasteiger partial charge in [-0.2, -0.15) is 0 Å². The minimum Gasteiger partial charge on any atom is -0.410 e. The van der Waals surface area contributed by atoms with Gasteiger partial charge in [-0.1, -0.05) is 16.8 Å². The summed E-state index contributed by atoms with van der Waals surface area (Å²) in [6.45, 7) is 1.87. The van der Waals surface area contributed by atoms with E-state index in [9.17, 15) is 0 Å². The molecule has 0 bridgehead atoms. The van der Waals surface area contributed by atoms with Crippen LogP contribution in [0.5, 0.6) is 0 Å². The Kier molecular flexibility index (Phi) is 2.44. The predicted molar refractivity (Wildman–Crippen MR) is 43.2 cm³/mol. The fourth-order valence-electron chi connectivity index (χ4n) is 0.648. The minimum absolute atomic E-state index is 0.0532. The van der Waals surface area contributed by atoms with Gasteiger partial charge < -0.3 is 5.21 Å². The van der Waals surface area contributed by atoms with Crippen molar-refractivity contribution in [1.29, 1.82) is 0 Å². The molecule has 0 aromatic carbocycles. The van der Waals surface area contributed by atoms with Gasteiger partial charge in [-0.15, -0.1) is 0 Å². The SMILES string of the molecule is Cc1ccc(/C(Cl)=N/O)cn1. The normalized spacial score (nSPS) is 11.6. The summed E-state index contributed by atoms with van der Waals surface area (Å²) in [6, 6.07) is 3.54. The molecule has 4 heteroatoms. The Morgan fingerprint density at radius 2 is 2.36 bits per heavy atom. The maximum absolute atomic E-state index is 8.29. The summed E-state index contributed by atoms with van der Waals surface area (Å²) >= 11 is 5.50. The number of pyridine rings is 1. The minimum atomic E-state index is 0.0532. The molecule has 1 rings (SSSR count). The van der Waals surface area contributed by atoms with E-state index in [1.807, 2.05) is 6.92 Å². The molecule has 11 heavy (non-hydrogen) atoms. The van der Waals surface area contributed by atoms with Crippen LogP contribution in [0.25, 0.3) is 0 Å². The summed E-state index contributed by atoms with van der Waals surface area (Å²) in [7, 11) is 0. The highest BCUT2D eigenvalue weighted by atomic mass is 35.5. The number of hydrogen-bond acceptors (Lipinski definition) is 3. The Morgan fingerprint density at radius 1 is 1.64 bits per heavy atom. The Hall–Kier alpha value is -1.09. The van der Waals surface area contributed by atoms with Crippen LogP contribution >= 0.6 is 11.6 Å². The van der Waals surface area contributed by atoms with Crippen LogP contribution in [0.4, 0.5) is 0 Å². The van der Waals surface area contributed by atoms with Crippen molar-refractivity contribution < 1.29 is 5.21 Å². The molecule has 0 aliphatic heterocycles. The summed E-state index contributed by atoms with van der Waals surface area (Å²) in [5.41, 5.74) is 1.51. The first-order valence-corrected chi connectivity index (χ1v) is 3.42. The predicted octanol–water partition coefficient (Wildman–Crippen LogP) is 1.76.